The number of halogens is 1. The zero-order valence-corrected chi connectivity index (χ0v) is 8.86. The molecule has 1 heterocycles. The lowest BCUT2D eigenvalue weighted by atomic mass is 10.1. The predicted molar refractivity (Wildman–Crippen MR) is 60.4 cm³/mol. The number of aryl methyl sites for hydroxylation is 1. The molecular weight excluding hydrogens is 210 g/mol. The monoisotopic (exact) mass is 217 g/mol. The van der Waals surface area contributed by atoms with E-state index in [9.17, 15) is 0 Å². The SMILES string of the molecule is Cn1cc2c(/C=C/C#N)ccc(Cl)c2n1. The number of nitrogens with zero attached hydrogens (tertiary/aromatic N) is 3. The van der Waals surface area contributed by atoms with Gasteiger partial charge in [-0.25, -0.2) is 0 Å². The molecule has 0 saturated heterocycles. The minimum absolute atomic E-state index is 0.625. The highest BCUT2D eigenvalue weighted by Gasteiger charge is 2.06. The molecule has 2 aromatic rings. The van der Waals surface area contributed by atoms with Crippen molar-refractivity contribution >= 4 is 28.6 Å². The summed E-state index contributed by atoms with van der Waals surface area (Å²) in [5, 5.41) is 14.3. The average Bonchev–Trinajstić information content (AvgIpc) is 2.60. The molecule has 0 spiro atoms. The van der Waals surface area contributed by atoms with Crippen LogP contribution in [0.25, 0.3) is 17.0 Å². The van der Waals surface area contributed by atoms with Crippen LogP contribution in [0.3, 0.4) is 0 Å². The normalized spacial score (nSPS) is 11.0. The summed E-state index contributed by atoms with van der Waals surface area (Å²) in [6, 6.07) is 5.62. The van der Waals surface area contributed by atoms with Crippen LogP contribution in [0.4, 0.5) is 0 Å². The summed E-state index contributed by atoms with van der Waals surface area (Å²) in [6.45, 7) is 0. The summed E-state index contributed by atoms with van der Waals surface area (Å²) >= 11 is 6.01. The molecule has 0 amide bonds. The third-order valence-electron chi connectivity index (χ3n) is 2.11. The predicted octanol–water partition coefficient (Wildman–Crippen LogP) is 2.76. The molecule has 2 rings (SSSR count). The fourth-order valence-electron chi connectivity index (χ4n) is 1.48. The number of rotatable bonds is 1. The zero-order chi connectivity index (χ0) is 10.8. The van der Waals surface area contributed by atoms with Gasteiger partial charge in [0.15, 0.2) is 0 Å². The summed E-state index contributed by atoms with van der Waals surface area (Å²) in [6.07, 6.45) is 5.08. The van der Waals surface area contributed by atoms with Gasteiger partial charge in [-0.1, -0.05) is 17.7 Å². The van der Waals surface area contributed by atoms with E-state index in [1.807, 2.05) is 25.4 Å². The van der Waals surface area contributed by atoms with Gasteiger partial charge in [-0.2, -0.15) is 10.4 Å². The second kappa shape index (κ2) is 3.76. The Bertz CT molecular complexity index is 575. The maximum Gasteiger partial charge on any atom is 0.111 e. The van der Waals surface area contributed by atoms with Crippen LogP contribution in [0.5, 0.6) is 0 Å². The van der Waals surface area contributed by atoms with Gasteiger partial charge in [0.1, 0.15) is 5.52 Å². The summed E-state index contributed by atoms with van der Waals surface area (Å²) in [4.78, 5) is 0. The van der Waals surface area contributed by atoms with Gasteiger partial charge in [0, 0.05) is 24.7 Å². The molecule has 4 heteroatoms. The summed E-state index contributed by atoms with van der Waals surface area (Å²) in [5.41, 5.74) is 1.71. The van der Waals surface area contributed by atoms with E-state index >= 15 is 0 Å². The van der Waals surface area contributed by atoms with E-state index in [2.05, 4.69) is 5.10 Å². The Morgan fingerprint density at radius 3 is 3.07 bits per heavy atom. The van der Waals surface area contributed by atoms with Crippen LogP contribution in [0.1, 0.15) is 5.56 Å². The highest BCUT2D eigenvalue weighted by atomic mass is 35.5. The molecule has 0 aliphatic rings. The van der Waals surface area contributed by atoms with Gasteiger partial charge in [-0.15, -0.1) is 0 Å². The lowest BCUT2D eigenvalue weighted by Crippen LogP contribution is -1.84. The van der Waals surface area contributed by atoms with Gasteiger partial charge < -0.3 is 0 Å². The molecule has 1 aromatic heterocycles. The quantitative estimate of drug-likeness (QED) is 0.690. The second-order valence-corrected chi connectivity index (χ2v) is 3.57. The maximum absolute atomic E-state index is 8.48. The van der Waals surface area contributed by atoms with E-state index in [1.54, 1.807) is 16.8 Å². The lowest BCUT2D eigenvalue weighted by Gasteiger charge is -1.96. The van der Waals surface area contributed by atoms with Crippen LogP contribution in [0.2, 0.25) is 5.02 Å². The summed E-state index contributed by atoms with van der Waals surface area (Å²) in [5.74, 6) is 0. The standard InChI is InChI=1S/C11H8ClN3/c1-15-7-9-8(3-2-6-13)4-5-10(12)11(9)14-15/h2-5,7H,1H3/b3-2+. The molecule has 0 unspecified atom stereocenters. The van der Waals surface area contributed by atoms with Crippen LogP contribution < -0.4 is 0 Å². The molecule has 0 aliphatic heterocycles. The first-order valence-electron chi connectivity index (χ1n) is 4.40. The number of benzene rings is 1. The van der Waals surface area contributed by atoms with Crippen molar-refractivity contribution in [3.05, 3.63) is 35.0 Å². The van der Waals surface area contributed by atoms with Crippen molar-refractivity contribution in [2.24, 2.45) is 7.05 Å². The number of fused-ring (bicyclic) bond motifs is 1. The number of allylic oxidation sites excluding steroid dienone is 1. The smallest absolute Gasteiger partial charge is 0.111 e. The Morgan fingerprint density at radius 1 is 1.53 bits per heavy atom. The molecule has 0 fully saturated rings. The molecule has 15 heavy (non-hydrogen) atoms. The van der Waals surface area contributed by atoms with Crippen LogP contribution in [-0.2, 0) is 7.05 Å². The van der Waals surface area contributed by atoms with Crippen molar-refractivity contribution in [3.63, 3.8) is 0 Å². The molecule has 74 valence electrons. The molecule has 0 radical (unpaired) electrons. The third kappa shape index (κ3) is 1.72. The Balaban J connectivity index is 2.72. The third-order valence-corrected chi connectivity index (χ3v) is 2.42. The zero-order valence-electron chi connectivity index (χ0n) is 8.11. The fraction of sp³-hybridized carbons (Fsp3) is 0.0909. The average molecular weight is 218 g/mol. The van der Waals surface area contributed by atoms with Crippen molar-refractivity contribution < 1.29 is 0 Å². The maximum atomic E-state index is 8.48. The molecule has 0 atom stereocenters. The minimum atomic E-state index is 0.625. The number of hydrogen-bond acceptors (Lipinski definition) is 2. The Morgan fingerprint density at radius 2 is 2.33 bits per heavy atom. The Kier molecular flexibility index (Phi) is 2.44. The highest BCUT2D eigenvalue weighted by Crippen LogP contribution is 2.25. The van der Waals surface area contributed by atoms with Crippen molar-refractivity contribution in [1.82, 2.24) is 9.78 Å². The molecule has 0 aliphatic carbocycles. The molecular formula is C11H8ClN3. The topological polar surface area (TPSA) is 41.6 Å². The largest absolute Gasteiger partial charge is 0.275 e. The number of hydrogen-bond donors (Lipinski definition) is 0. The highest BCUT2D eigenvalue weighted by molar-refractivity contribution is 6.35. The van der Waals surface area contributed by atoms with E-state index in [-0.39, 0.29) is 0 Å². The van der Waals surface area contributed by atoms with Gasteiger partial charge in [-0.3, -0.25) is 4.68 Å². The van der Waals surface area contributed by atoms with Crippen LogP contribution in [0.15, 0.2) is 24.4 Å². The van der Waals surface area contributed by atoms with Crippen LogP contribution in [-0.4, -0.2) is 9.78 Å². The first kappa shape index (κ1) is 9.75. The van der Waals surface area contributed by atoms with Gasteiger partial charge in [0.2, 0.25) is 0 Å². The first-order valence-corrected chi connectivity index (χ1v) is 4.78. The molecule has 0 saturated carbocycles. The van der Waals surface area contributed by atoms with E-state index < -0.39 is 0 Å². The van der Waals surface area contributed by atoms with Gasteiger partial charge in [0.05, 0.1) is 11.1 Å². The molecule has 3 nitrogen and oxygen atoms in total. The summed E-state index contributed by atoms with van der Waals surface area (Å²) < 4.78 is 1.71. The van der Waals surface area contributed by atoms with Crippen molar-refractivity contribution in [1.29, 1.82) is 5.26 Å². The Labute approximate surface area is 92.2 Å². The first-order chi connectivity index (χ1) is 7.22. The molecule has 0 bridgehead atoms. The molecule has 0 N–H and O–H groups in total. The van der Waals surface area contributed by atoms with Crippen molar-refractivity contribution in [2.75, 3.05) is 0 Å². The second-order valence-electron chi connectivity index (χ2n) is 3.16. The van der Waals surface area contributed by atoms with Gasteiger partial charge in [-0.05, 0) is 17.7 Å². The van der Waals surface area contributed by atoms with Crippen molar-refractivity contribution in [3.8, 4) is 6.07 Å². The van der Waals surface area contributed by atoms with E-state index in [1.165, 1.54) is 6.08 Å². The van der Waals surface area contributed by atoms with E-state index in [0.717, 1.165) is 16.5 Å². The fourth-order valence-corrected chi connectivity index (χ4v) is 1.68. The summed E-state index contributed by atoms with van der Waals surface area (Å²) in [7, 11) is 1.84. The minimum Gasteiger partial charge on any atom is -0.275 e. The number of aromatic nitrogens is 2. The van der Waals surface area contributed by atoms with Gasteiger partial charge >= 0.3 is 0 Å². The van der Waals surface area contributed by atoms with Crippen LogP contribution >= 0.6 is 11.6 Å². The van der Waals surface area contributed by atoms with E-state index in [0.29, 0.717) is 5.02 Å². The van der Waals surface area contributed by atoms with Gasteiger partial charge in [0.25, 0.3) is 0 Å². The van der Waals surface area contributed by atoms with Crippen molar-refractivity contribution in [2.45, 2.75) is 0 Å². The lowest BCUT2D eigenvalue weighted by molar-refractivity contribution is 0.780. The number of nitriles is 1. The molecule has 1 aromatic carbocycles. The van der Waals surface area contributed by atoms with Crippen LogP contribution in [0, 0.1) is 11.3 Å². The van der Waals surface area contributed by atoms with E-state index in [4.69, 9.17) is 16.9 Å². The Hall–Kier alpha value is -1.79.